The Labute approximate surface area is 84.9 Å². The van der Waals surface area contributed by atoms with E-state index in [1.807, 2.05) is 18.2 Å². The van der Waals surface area contributed by atoms with Crippen molar-refractivity contribution in [3.05, 3.63) is 40.5 Å². The molecule has 2 N–H and O–H groups in total. The lowest BCUT2D eigenvalue weighted by Gasteiger charge is -2.01. The molecule has 0 bridgehead atoms. The average molecular weight is 237 g/mol. The fourth-order valence-electron chi connectivity index (χ4n) is 1.29. The normalized spacial score (nSPS) is 10.6. The van der Waals surface area contributed by atoms with Crippen molar-refractivity contribution in [3.63, 3.8) is 0 Å². The topological polar surface area (TPSA) is 38.9 Å². The Morgan fingerprint density at radius 1 is 1.31 bits per heavy atom. The minimum absolute atomic E-state index is 0.567. The number of fused-ring (bicyclic) bond motifs is 1. The van der Waals surface area contributed by atoms with E-state index in [4.69, 9.17) is 5.73 Å². The quantitative estimate of drug-likeness (QED) is 0.827. The maximum absolute atomic E-state index is 5.56. The number of hydrogen-bond acceptors (Lipinski definition) is 2. The Balaban J connectivity index is 2.74. The average Bonchev–Trinajstić information content (AvgIpc) is 2.18. The summed E-state index contributed by atoms with van der Waals surface area (Å²) in [6.07, 6.45) is 1.79. The molecular formula is C10H9BrN2. The summed E-state index contributed by atoms with van der Waals surface area (Å²) in [5.74, 6) is 0. The van der Waals surface area contributed by atoms with Crippen molar-refractivity contribution in [1.29, 1.82) is 0 Å². The van der Waals surface area contributed by atoms with E-state index in [1.54, 1.807) is 6.20 Å². The van der Waals surface area contributed by atoms with Gasteiger partial charge in [-0.1, -0.05) is 22.0 Å². The van der Waals surface area contributed by atoms with Gasteiger partial charge in [-0.05, 0) is 23.8 Å². The van der Waals surface area contributed by atoms with Crippen molar-refractivity contribution in [1.82, 2.24) is 4.98 Å². The third-order valence-electron chi connectivity index (χ3n) is 1.99. The predicted molar refractivity (Wildman–Crippen MR) is 57.3 cm³/mol. The second-order valence-corrected chi connectivity index (χ2v) is 3.70. The molecule has 0 amide bonds. The van der Waals surface area contributed by atoms with E-state index in [2.05, 4.69) is 27.0 Å². The minimum Gasteiger partial charge on any atom is -0.326 e. The Morgan fingerprint density at radius 3 is 2.92 bits per heavy atom. The Hall–Kier alpha value is -0.930. The highest BCUT2D eigenvalue weighted by Gasteiger charge is 1.99. The first-order valence-corrected chi connectivity index (χ1v) is 4.84. The van der Waals surface area contributed by atoms with Crippen molar-refractivity contribution in [3.8, 4) is 0 Å². The Morgan fingerprint density at radius 2 is 2.15 bits per heavy atom. The molecule has 0 spiro atoms. The molecule has 0 saturated carbocycles. The summed E-state index contributed by atoms with van der Waals surface area (Å²) >= 11 is 3.48. The summed E-state index contributed by atoms with van der Waals surface area (Å²) in [7, 11) is 0. The van der Waals surface area contributed by atoms with Crippen LogP contribution in [0, 0.1) is 0 Å². The van der Waals surface area contributed by atoms with Crippen LogP contribution in [0.5, 0.6) is 0 Å². The molecule has 0 aliphatic carbocycles. The lowest BCUT2D eigenvalue weighted by Crippen LogP contribution is -1.95. The van der Waals surface area contributed by atoms with E-state index in [0.717, 1.165) is 20.9 Å². The highest BCUT2D eigenvalue weighted by Crippen LogP contribution is 2.22. The summed E-state index contributed by atoms with van der Waals surface area (Å²) in [6.45, 7) is 0.567. The summed E-state index contributed by atoms with van der Waals surface area (Å²) in [5.41, 5.74) is 7.67. The van der Waals surface area contributed by atoms with Gasteiger partial charge in [-0.3, -0.25) is 4.98 Å². The fourth-order valence-corrected chi connectivity index (χ4v) is 1.72. The molecule has 2 rings (SSSR count). The first-order chi connectivity index (χ1) is 6.31. The summed E-state index contributed by atoms with van der Waals surface area (Å²) in [4.78, 5) is 4.25. The van der Waals surface area contributed by atoms with E-state index < -0.39 is 0 Å². The number of pyridine rings is 1. The van der Waals surface area contributed by atoms with Gasteiger partial charge in [0.2, 0.25) is 0 Å². The van der Waals surface area contributed by atoms with Gasteiger partial charge in [-0.15, -0.1) is 0 Å². The highest BCUT2D eigenvalue weighted by molar-refractivity contribution is 9.10. The van der Waals surface area contributed by atoms with Crippen LogP contribution in [0.1, 0.15) is 5.56 Å². The summed E-state index contributed by atoms with van der Waals surface area (Å²) < 4.78 is 1.06. The fraction of sp³-hybridized carbons (Fsp3) is 0.100. The molecule has 3 heteroatoms. The van der Waals surface area contributed by atoms with Crippen molar-refractivity contribution in [2.45, 2.75) is 6.54 Å². The van der Waals surface area contributed by atoms with Gasteiger partial charge in [0.1, 0.15) is 0 Å². The van der Waals surface area contributed by atoms with Crippen LogP contribution in [0.3, 0.4) is 0 Å². The number of hydrogen-bond donors (Lipinski definition) is 1. The van der Waals surface area contributed by atoms with Crippen LogP contribution < -0.4 is 5.73 Å². The Kier molecular flexibility index (Phi) is 2.29. The molecular weight excluding hydrogens is 228 g/mol. The van der Waals surface area contributed by atoms with Gasteiger partial charge in [0.25, 0.3) is 0 Å². The third-order valence-corrected chi connectivity index (χ3v) is 2.68. The number of nitrogens with two attached hydrogens (primary N) is 1. The molecule has 0 saturated heterocycles. The maximum atomic E-state index is 5.56. The van der Waals surface area contributed by atoms with Crippen LogP contribution in [0.4, 0.5) is 0 Å². The predicted octanol–water partition coefficient (Wildman–Crippen LogP) is 2.46. The lowest BCUT2D eigenvalue weighted by molar-refractivity contribution is 1.07. The lowest BCUT2D eigenvalue weighted by atomic mass is 10.1. The zero-order valence-electron chi connectivity index (χ0n) is 7.00. The molecule has 2 nitrogen and oxygen atoms in total. The number of benzene rings is 1. The van der Waals surface area contributed by atoms with Crippen LogP contribution in [-0.2, 0) is 6.54 Å². The highest BCUT2D eigenvalue weighted by atomic mass is 79.9. The molecule has 0 aliphatic rings. The molecule has 66 valence electrons. The molecule has 0 atom stereocenters. The van der Waals surface area contributed by atoms with Gasteiger partial charge < -0.3 is 5.73 Å². The largest absolute Gasteiger partial charge is 0.326 e. The Bertz CT molecular complexity index is 440. The smallest absolute Gasteiger partial charge is 0.0713 e. The van der Waals surface area contributed by atoms with E-state index in [-0.39, 0.29) is 0 Å². The summed E-state index contributed by atoms with van der Waals surface area (Å²) in [5, 5.41) is 1.12. The SMILES string of the molecule is NCc1ccc2nccc(Br)c2c1. The van der Waals surface area contributed by atoms with Gasteiger partial charge in [0.05, 0.1) is 5.52 Å². The molecule has 2 aromatic rings. The second-order valence-electron chi connectivity index (χ2n) is 2.85. The van der Waals surface area contributed by atoms with Crippen LogP contribution in [0.2, 0.25) is 0 Å². The maximum Gasteiger partial charge on any atom is 0.0713 e. The van der Waals surface area contributed by atoms with Crippen molar-refractivity contribution >= 4 is 26.8 Å². The minimum atomic E-state index is 0.567. The third kappa shape index (κ3) is 1.57. The molecule has 0 radical (unpaired) electrons. The molecule has 1 heterocycles. The number of aromatic nitrogens is 1. The van der Waals surface area contributed by atoms with Crippen LogP contribution in [0.15, 0.2) is 34.9 Å². The van der Waals surface area contributed by atoms with Gasteiger partial charge in [0, 0.05) is 22.6 Å². The first kappa shape index (κ1) is 8.66. The van der Waals surface area contributed by atoms with E-state index in [0.29, 0.717) is 6.54 Å². The van der Waals surface area contributed by atoms with Gasteiger partial charge in [-0.25, -0.2) is 0 Å². The number of halogens is 1. The van der Waals surface area contributed by atoms with E-state index >= 15 is 0 Å². The molecule has 13 heavy (non-hydrogen) atoms. The monoisotopic (exact) mass is 236 g/mol. The zero-order valence-corrected chi connectivity index (χ0v) is 8.58. The number of rotatable bonds is 1. The van der Waals surface area contributed by atoms with Gasteiger partial charge in [-0.2, -0.15) is 0 Å². The number of nitrogens with zero attached hydrogens (tertiary/aromatic N) is 1. The van der Waals surface area contributed by atoms with E-state index in [1.165, 1.54) is 0 Å². The van der Waals surface area contributed by atoms with Crippen molar-refractivity contribution in [2.24, 2.45) is 5.73 Å². The van der Waals surface area contributed by atoms with Crippen LogP contribution in [-0.4, -0.2) is 4.98 Å². The molecule has 0 unspecified atom stereocenters. The first-order valence-electron chi connectivity index (χ1n) is 4.04. The van der Waals surface area contributed by atoms with Crippen molar-refractivity contribution in [2.75, 3.05) is 0 Å². The van der Waals surface area contributed by atoms with Gasteiger partial charge >= 0.3 is 0 Å². The standard InChI is InChI=1S/C10H9BrN2/c11-9-3-4-13-10-2-1-7(6-12)5-8(9)10/h1-5H,6,12H2. The van der Waals surface area contributed by atoms with Crippen LogP contribution in [0.25, 0.3) is 10.9 Å². The van der Waals surface area contributed by atoms with Gasteiger partial charge in [0.15, 0.2) is 0 Å². The molecule has 1 aromatic heterocycles. The van der Waals surface area contributed by atoms with Crippen molar-refractivity contribution < 1.29 is 0 Å². The summed E-state index contributed by atoms with van der Waals surface area (Å²) in [6, 6.07) is 7.99. The van der Waals surface area contributed by atoms with E-state index in [9.17, 15) is 0 Å². The van der Waals surface area contributed by atoms with Crippen LogP contribution >= 0.6 is 15.9 Å². The molecule has 0 aliphatic heterocycles. The zero-order chi connectivity index (χ0) is 9.26. The molecule has 1 aromatic carbocycles. The molecule has 0 fully saturated rings. The second kappa shape index (κ2) is 3.44.